The third kappa shape index (κ3) is 2.51. The van der Waals surface area contributed by atoms with Crippen LogP contribution in [0.15, 0.2) is 30.6 Å². The van der Waals surface area contributed by atoms with Gasteiger partial charge in [-0.1, -0.05) is 24.3 Å². The largest absolute Gasteiger partial charge is 0.302 e. The predicted molar refractivity (Wildman–Crippen MR) is 110 cm³/mol. The van der Waals surface area contributed by atoms with E-state index in [0.717, 1.165) is 33.7 Å². The minimum absolute atomic E-state index is 0.0240. The summed E-state index contributed by atoms with van der Waals surface area (Å²) in [4.78, 5) is 12.1. The van der Waals surface area contributed by atoms with Gasteiger partial charge in [0.25, 0.3) is 0 Å². The van der Waals surface area contributed by atoms with Crippen LogP contribution in [-0.2, 0) is 12.0 Å². The summed E-state index contributed by atoms with van der Waals surface area (Å²) in [6.45, 7) is 11.1. The molecule has 0 atom stereocenters. The summed E-state index contributed by atoms with van der Waals surface area (Å²) in [5.41, 5.74) is 4.46. The van der Waals surface area contributed by atoms with Gasteiger partial charge >= 0.3 is 0 Å². The fourth-order valence-corrected chi connectivity index (χ4v) is 5.67. The highest BCUT2D eigenvalue weighted by Crippen LogP contribution is 2.44. The Morgan fingerprint density at radius 1 is 1.15 bits per heavy atom. The van der Waals surface area contributed by atoms with Crippen molar-refractivity contribution in [2.75, 3.05) is 0 Å². The first kappa shape index (κ1) is 16.8. The number of aryl methyl sites for hydroxylation is 1. The van der Waals surface area contributed by atoms with Crippen LogP contribution in [0.25, 0.3) is 27.3 Å². The van der Waals surface area contributed by atoms with E-state index >= 15 is 0 Å². The van der Waals surface area contributed by atoms with Crippen LogP contribution in [-0.4, -0.2) is 25.1 Å². The minimum Gasteiger partial charge on any atom is -0.302 e. The fraction of sp³-hybridized carbons (Fsp3) is 0.381. The van der Waals surface area contributed by atoms with Crippen LogP contribution in [0.5, 0.6) is 0 Å². The zero-order valence-electron chi connectivity index (χ0n) is 16.3. The number of fused-ring (bicyclic) bond motifs is 5. The Morgan fingerprint density at radius 2 is 1.93 bits per heavy atom. The van der Waals surface area contributed by atoms with Crippen LogP contribution < -0.4 is 5.32 Å². The molecular formula is C21H23N5S. The highest BCUT2D eigenvalue weighted by atomic mass is 32.1. The minimum atomic E-state index is -0.0850. The smallest absolute Gasteiger partial charge is 0.182 e. The molecule has 27 heavy (non-hydrogen) atoms. The van der Waals surface area contributed by atoms with Gasteiger partial charge in [-0.3, -0.25) is 0 Å². The lowest BCUT2D eigenvalue weighted by molar-refractivity contribution is 0.248. The monoisotopic (exact) mass is 377 g/mol. The van der Waals surface area contributed by atoms with E-state index in [4.69, 9.17) is 15.1 Å². The Hall–Kier alpha value is -2.31. The Labute approximate surface area is 162 Å². The Bertz CT molecular complexity index is 1200. The van der Waals surface area contributed by atoms with Crippen molar-refractivity contribution < 1.29 is 0 Å². The van der Waals surface area contributed by atoms with E-state index in [1.807, 2.05) is 16.6 Å². The molecule has 5 rings (SSSR count). The lowest BCUT2D eigenvalue weighted by Crippen LogP contribution is -2.54. The van der Waals surface area contributed by atoms with E-state index in [1.165, 1.54) is 16.0 Å². The SMILES string of the molecule is Cc1ccccc1-c1nc2c3c4c(sc3ncn2n1)C(C)(C)NC(C)(C)C4. The zero-order valence-corrected chi connectivity index (χ0v) is 17.1. The number of rotatable bonds is 1. The van der Waals surface area contributed by atoms with Gasteiger partial charge in [0.05, 0.1) is 5.39 Å². The maximum Gasteiger partial charge on any atom is 0.182 e. The molecule has 0 aliphatic carbocycles. The van der Waals surface area contributed by atoms with Crippen molar-refractivity contribution in [1.29, 1.82) is 0 Å². The van der Waals surface area contributed by atoms with Gasteiger partial charge in [-0.2, -0.15) is 0 Å². The van der Waals surface area contributed by atoms with Crippen LogP contribution in [0.4, 0.5) is 0 Å². The van der Waals surface area contributed by atoms with E-state index in [-0.39, 0.29) is 11.1 Å². The number of hydrogen-bond acceptors (Lipinski definition) is 5. The van der Waals surface area contributed by atoms with E-state index in [0.29, 0.717) is 0 Å². The summed E-state index contributed by atoms with van der Waals surface area (Å²) in [7, 11) is 0. The van der Waals surface area contributed by atoms with E-state index in [9.17, 15) is 0 Å². The van der Waals surface area contributed by atoms with Crippen molar-refractivity contribution in [3.8, 4) is 11.4 Å². The number of hydrogen-bond donors (Lipinski definition) is 1. The molecule has 3 aromatic heterocycles. The maximum atomic E-state index is 4.95. The Balaban J connectivity index is 1.81. The van der Waals surface area contributed by atoms with Gasteiger partial charge in [0, 0.05) is 21.5 Å². The maximum absolute atomic E-state index is 4.95. The Kier molecular flexibility index (Phi) is 3.34. The molecule has 1 aliphatic heterocycles. The lowest BCUT2D eigenvalue weighted by atomic mass is 9.82. The highest BCUT2D eigenvalue weighted by Gasteiger charge is 2.39. The molecule has 0 unspecified atom stereocenters. The normalized spacial score (nSPS) is 18.1. The molecule has 4 heterocycles. The van der Waals surface area contributed by atoms with Gasteiger partial charge in [-0.05, 0) is 52.2 Å². The number of nitrogens with zero attached hydrogens (tertiary/aromatic N) is 4. The van der Waals surface area contributed by atoms with Gasteiger partial charge in [-0.15, -0.1) is 16.4 Å². The third-order valence-electron chi connectivity index (χ3n) is 5.35. The number of nitrogens with one attached hydrogen (secondary N) is 1. The summed E-state index contributed by atoms with van der Waals surface area (Å²) in [6, 6.07) is 8.25. The van der Waals surface area contributed by atoms with Gasteiger partial charge in [0.2, 0.25) is 0 Å². The topological polar surface area (TPSA) is 55.1 Å². The van der Waals surface area contributed by atoms with Crippen LogP contribution in [0.2, 0.25) is 0 Å². The van der Waals surface area contributed by atoms with Crippen molar-refractivity contribution in [1.82, 2.24) is 24.9 Å². The van der Waals surface area contributed by atoms with Crippen LogP contribution >= 0.6 is 11.3 Å². The molecule has 1 aliphatic rings. The number of benzene rings is 1. The fourth-order valence-electron chi connectivity index (χ4n) is 4.46. The first-order valence-electron chi connectivity index (χ1n) is 9.28. The average Bonchev–Trinajstić information content (AvgIpc) is 3.15. The van der Waals surface area contributed by atoms with E-state index in [1.54, 1.807) is 17.7 Å². The molecule has 0 amide bonds. The molecule has 5 nitrogen and oxygen atoms in total. The second-order valence-electron chi connectivity index (χ2n) is 8.66. The average molecular weight is 378 g/mol. The molecule has 0 radical (unpaired) electrons. The molecule has 138 valence electrons. The summed E-state index contributed by atoms with van der Waals surface area (Å²) in [5, 5.41) is 9.66. The second-order valence-corrected chi connectivity index (χ2v) is 9.66. The lowest BCUT2D eigenvalue weighted by Gasteiger charge is -2.42. The molecule has 1 N–H and O–H groups in total. The van der Waals surface area contributed by atoms with Crippen molar-refractivity contribution in [2.24, 2.45) is 0 Å². The van der Waals surface area contributed by atoms with Gasteiger partial charge < -0.3 is 5.32 Å². The van der Waals surface area contributed by atoms with Gasteiger partial charge in [0.15, 0.2) is 11.5 Å². The summed E-state index contributed by atoms with van der Waals surface area (Å²) >= 11 is 1.78. The molecule has 1 aromatic carbocycles. The van der Waals surface area contributed by atoms with E-state index in [2.05, 4.69) is 52.1 Å². The summed E-state index contributed by atoms with van der Waals surface area (Å²) in [5.74, 6) is 0.759. The van der Waals surface area contributed by atoms with Crippen molar-refractivity contribution in [3.05, 3.63) is 46.6 Å². The molecule has 4 aromatic rings. The van der Waals surface area contributed by atoms with Crippen molar-refractivity contribution in [2.45, 2.75) is 52.1 Å². The quantitative estimate of drug-likeness (QED) is 0.532. The molecular weight excluding hydrogens is 354 g/mol. The standard InChI is InChI=1S/C21H23N5S/c1-12-8-6-7-9-13(12)17-23-18-15-14-10-20(2,3)25-21(4,5)16(14)27-19(15)22-11-26(18)24-17/h6-9,11,25H,10H2,1-5H3. The first-order valence-corrected chi connectivity index (χ1v) is 10.1. The van der Waals surface area contributed by atoms with Crippen LogP contribution in [0.3, 0.4) is 0 Å². The van der Waals surface area contributed by atoms with Gasteiger partial charge in [-0.25, -0.2) is 14.5 Å². The highest BCUT2D eigenvalue weighted by molar-refractivity contribution is 7.19. The predicted octanol–water partition coefficient (Wildman–Crippen LogP) is 4.47. The molecule has 0 bridgehead atoms. The molecule has 0 fully saturated rings. The molecule has 6 heteroatoms. The zero-order chi connectivity index (χ0) is 19.0. The number of aromatic nitrogens is 4. The summed E-state index contributed by atoms with van der Waals surface area (Å²) in [6.07, 6.45) is 2.75. The Morgan fingerprint density at radius 3 is 2.70 bits per heavy atom. The van der Waals surface area contributed by atoms with Crippen molar-refractivity contribution in [3.63, 3.8) is 0 Å². The molecule has 0 saturated carbocycles. The first-order chi connectivity index (χ1) is 12.8. The van der Waals surface area contributed by atoms with Crippen LogP contribution in [0.1, 0.15) is 43.7 Å². The number of thiophene rings is 1. The summed E-state index contributed by atoms with van der Waals surface area (Å²) < 4.78 is 1.83. The molecule has 0 saturated heterocycles. The molecule has 0 spiro atoms. The van der Waals surface area contributed by atoms with Gasteiger partial charge in [0.1, 0.15) is 11.2 Å². The second kappa shape index (κ2) is 5.36. The van der Waals surface area contributed by atoms with E-state index < -0.39 is 0 Å². The third-order valence-corrected chi connectivity index (χ3v) is 6.81. The van der Waals surface area contributed by atoms with Crippen molar-refractivity contribution >= 4 is 27.2 Å². The van der Waals surface area contributed by atoms with Crippen LogP contribution in [0, 0.1) is 6.92 Å².